The van der Waals surface area contributed by atoms with Crippen LogP contribution in [0.4, 0.5) is 0 Å². The van der Waals surface area contributed by atoms with E-state index in [0.717, 1.165) is 37.0 Å². The molecule has 3 aromatic rings. The minimum atomic E-state index is -1.72. The minimum Gasteiger partial charge on any atom is -0.453 e. The van der Waals surface area contributed by atoms with Crippen molar-refractivity contribution in [1.29, 1.82) is 0 Å². The van der Waals surface area contributed by atoms with Gasteiger partial charge in [-0.15, -0.1) is 22.7 Å². The molecule has 0 amide bonds. The van der Waals surface area contributed by atoms with Crippen LogP contribution >= 0.6 is 22.7 Å². The van der Waals surface area contributed by atoms with Crippen LogP contribution in [0.1, 0.15) is 21.7 Å². The summed E-state index contributed by atoms with van der Waals surface area (Å²) in [6, 6.07) is 17.8. The van der Waals surface area contributed by atoms with Crippen LogP contribution in [0.2, 0.25) is 0 Å². The Balaban J connectivity index is 1.43. The van der Waals surface area contributed by atoms with Crippen molar-refractivity contribution >= 4 is 28.6 Å². The first-order valence-electron chi connectivity index (χ1n) is 9.88. The van der Waals surface area contributed by atoms with E-state index in [9.17, 15) is 9.90 Å². The van der Waals surface area contributed by atoms with Crippen molar-refractivity contribution in [2.75, 3.05) is 26.7 Å². The standard InChI is InChI=1S/C23H26NO3S2/c1-24(13-11-18-7-3-2-4-8-18)14-12-19(17-24)27-22(25)23(26,20-9-5-15-28-20)21-10-6-16-29-21/h2-10,15-16,19,26H,11-14,17H2,1H3/q+1/t19-,24?/m1/s1. The lowest BCUT2D eigenvalue weighted by Crippen LogP contribution is -2.45. The molecule has 1 unspecified atom stereocenters. The molecule has 6 heteroatoms. The van der Waals surface area contributed by atoms with Gasteiger partial charge in [0.2, 0.25) is 5.60 Å². The van der Waals surface area contributed by atoms with Gasteiger partial charge in [-0.3, -0.25) is 0 Å². The van der Waals surface area contributed by atoms with Gasteiger partial charge in [-0.05, 0) is 28.5 Å². The molecule has 1 saturated heterocycles. The zero-order valence-corrected chi connectivity index (χ0v) is 18.1. The van der Waals surface area contributed by atoms with E-state index >= 15 is 0 Å². The summed E-state index contributed by atoms with van der Waals surface area (Å²) in [7, 11) is 2.22. The third-order valence-electron chi connectivity index (χ3n) is 5.74. The zero-order chi connectivity index (χ0) is 20.3. The van der Waals surface area contributed by atoms with E-state index in [-0.39, 0.29) is 6.10 Å². The van der Waals surface area contributed by atoms with Gasteiger partial charge >= 0.3 is 5.97 Å². The number of aliphatic hydroxyl groups is 1. The van der Waals surface area contributed by atoms with Crippen LogP contribution in [-0.2, 0) is 21.6 Å². The smallest absolute Gasteiger partial charge is 0.349 e. The molecule has 4 rings (SSSR count). The number of likely N-dealkylation sites (N-methyl/N-ethyl adjacent to an activating group) is 1. The van der Waals surface area contributed by atoms with Gasteiger partial charge in [0.25, 0.3) is 0 Å². The summed E-state index contributed by atoms with van der Waals surface area (Å²) in [6.45, 7) is 2.77. The Kier molecular flexibility index (Phi) is 5.88. The molecule has 0 saturated carbocycles. The van der Waals surface area contributed by atoms with Crippen molar-refractivity contribution in [3.8, 4) is 0 Å². The summed E-state index contributed by atoms with van der Waals surface area (Å²) >= 11 is 2.74. The number of carbonyl (C=O) groups is 1. The molecule has 152 valence electrons. The molecule has 1 aliphatic heterocycles. The molecule has 4 nitrogen and oxygen atoms in total. The normalized spacial score (nSPS) is 21.9. The maximum atomic E-state index is 13.1. The molecule has 1 fully saturated rings. The van der Waals surface area contributed by atoms with Crippen LogP contribution in [-0.4, -0.2) is 48.3 Å². The highest BCUT2D eigenvalue weighted by atomic mass is 32.1. The fraction of sp³-hybridized carbons (Fsp3) is 0.348. The number of hydrogen-bond acceptors (Lipinski definition) is 5. The van der Waals surface area contributed by atoms with E-state index in [4.69, 9.17) is 4.74 Å². The van der Waals surface area contributed by atoms with Crippen molar-refractivity contribution in [3.05, 3.63) is 80.7 Å². The van der Waals surface area contributed by atoms with Crippen LogP contribution in [0.3, 0.4) is 0 Å². The predicted octanol–water partition coefficient (Wildman–Crippen LogP) is 4.05. The van der Waals surface area contributed by atoms with Gasteiger partial charge in [0, 0.05) is 12.8 Å². The number of thiophene rings is 2. The van der Waals surface area contributed by atoms with Crippen molar-refractivity contribution in [3.63, 3.8) is 0 Å². The van der Waals surface area contributed by atoms with E-state index in [0.29, 0.717) is 9.75 Å². The van der Waals surface area contributed by atoms with Crippen molar-refractivity contribution in [2.24, 2.45) is 0 Å². The summed E-state index contributed by atoms with van der Waals surface area (Å²) in [4.78, 5) is 14.3. The average Bonchev–Trinajstić information content (AvgIpc) is 3.49. The number of nitrogens with zero attached hydrogens (tertiary/aromatic N) is 1. The van der Waals surface area contributed by atoms with E-state index in [1.54, 1.807) is 12.1 Å². The molecule has 29 heavy (non-hydrogen) atoms. The second kappa shape index (κ2) is 8.40. The van der Waals surface area contributed by atoms with E-state index < -0.39 is 11.6 Å². The summed E-state index contributed by atoms with van der Waals surface area (Å²) in [5, 5.41) is 15.1. The van der Waals surface area contributed by atoms with Gasteiger partial charge in [0.05, 0.1) is 29.9 Å². The monoisotopic (exact) mass is 428 g/mol. The highest BCUT2D eigenvalue weighted by molar-refractivity contribution is 7.12. The second-order valence-electron chi connectivity index (χ2n) is 7.97. The van der Waals surface area contributed by atoms with E-state index in [2.05, 4.69) is 31.3 Å². The number of likely N-dealkylation sites (tertiary alicyclic amines) is 1. The van der Waals surface area contributed by atoms with E-state index in [1.807, 2.05) is 29.0 Å². The fourth-order valence-electron chi connectivity index (χ4n) is 4.00. The minimum absolute atomic E-state index is 0.172. The Hall–Kier alpha value is -1.99. The largest absolute Gasteiger partial charge is 0.453 e. The Bertz CT molecular complexity index is 890. The number of esters is 1. The highest BCUT2D eigenvalue weighted by Crippen LogP contribution is 2.37. The lowest BCUT2D eigenvalue weighted by atomic mass is 10.00. The van der Waals surface area contributed by atoms with E-state index in [1.165, 1.54) is 28.2 Å². The molecule has 0 spiro atoms. The Morgan fingerprint density at radius 3 is 2.34 bits per heavy atom. The van der Waals surface area contributed by atoms with Gasteiger partial charge in [-0.2, -0.15) is 0 Å². The van der Waals surface area contributed by atoms with Gasteiger partial charge < -0.3 is 14.3 Å². The first kappa shape index (κ1) is 20.3. The SMILES string of the molecule is C[N+]1(CCc2ccccc2)CC[C@@H](OC(=O)C(O)(c2cccs2)c2cccs2)C1. The molecule has 1 aromatic carbocycles. The molecule has 3 heterocycles. The third kappa shape index (κ3) is 4.31. The number of benzene rings is 1. The Labute approximate surface area is 179 Å². The summed E-state index contributed by atoms with van der Waals surface area (Å²) < 4.78 is 6.76. The molecule has 0 bridgehead atoms. The van der Waals surface area contributed by atoms with Gasteiger partial charge in [-0.25, -0.2) is 4.79 Å². The second-order valence-corrected chi connectivity index (χ2v) is 9.86. The number of rotatable bonds is 7. The molecule has 2 aromatic heterocycles. The first-order valence-corrected chi connectivity index (χ1v) is 11.6. The quantitative estimate of drug-likeness (QED) is 0.456. The van der Waals surface area contributed by atoms with Crippen molar-refractivity contribution in [1.82, 2.24) is 0 Å². The van der Waals surface area contributed by atoms with Crippen LogP contribution in [0.25, 0.3) is 0 Å². The van der Waals surface area contributed by atoms with Crippen molar-refractivity contribution < 1.29 is 19.1 Å². The summed E-state index contributed by atoms with van der Waals surface area (Å²) in [5.74, 6) is -0.566. The molecular formula is C23H26NO3S2+. The van der Waals surface area contributed by atoms with Gasteiger partial charge in [0.1, 0.15) is 6.54 Å². The van der Waals surface area contributed by atoms with Crippen LogP contribution in [0.15, 0.2) is 65.4 Å². The Morgan fingerprint density at radius 2 is 1.76 bits per heavy atom. The summed E-state index contributed by atoms with van der Waals surface area (Å²) in [5.41, 5.74) is -0.393. The highest BCUT2D eigenvalue weighted by Gasteiger charge is 2.46. The van der Waals surface area contributed by atoms with Crippen LogP contribution in [0, 0.1) is 0 Å². The number of quaternary nitrogens is 1. The Morgan fingerprint density at radius 1 is 1.10 bits per heavy atom. The number of ether oxygens (including phenoxy) is 1. The van der Waals surface area contributed by atoms with Gasteiger partial charge in [0.15, 0.2) is 6.10 Å². The van der Waals surface area contributed by atoms with Crippen molar-refractivity contribution in [2.45, 2.75) is 24.5 Å². The molecule has 2 atom stereocenters. The molecular weight excluding hydrogens is 402 g/mol. The summed E-state index contributed by atoms with van der Waals surface area (Å²) in [6.07, 6.45) is 1.66. The molecule has 0 aliphatic carbocycles. The average molecular weight is 429 g/mol. The van der Waals surface area contributed by atoms with Gasteiger partial charge in [-0.1, -0.05) is 42.5 Å². The predicted molar refractivity (Wildman–Crippen MR) is 117 cm³/mol. The maximum Gasteiger partial charge on any atom is 0.349 e. The fourth-order valence-corrected chi connectivity index (χ4v) is 5.72. The number of carbonyl (C=O) groups excluding carboxylic acids is 1. The lowest BCUT2D eigenvalue weighted by Gasteiger charge is -2.30. The zero-order valence-electron chi connectivity index (χ0n) is 16.5. The lowest BCUT2D eigenvalue weighted by molar-refractivity contribution is -0.898. The third-order valence-corrected chi connectivity index (χ3v) is 7.70. The first-order chi connectivity index (χ1) is 14.0. The molecule has 0 radical (unpaired) electrons. The van der Waals surface area contributed by atoms with Crippen LogP contribution < -0.4 is 0 Å². The number of hydrogen-bond donors (Lipinski definition) is 1. The maximum absolute atomic E-state index is 13.1. The topological polar surface area (TPSA) is 46.5 Å². The molecule has 1 aliphatic rings. The molecule has 1 N–H and O–H groups in total. The van der Waals surface area contributed by atoms with Crippen LogP contribution in [0.5, 0.6) is 0 Å².